The van der Waals surface area contributed by atoms with E-state index >= 15 is 0 Å². The number of carbonyl (C=O) groups excluding carboxylic acids is 1. The van der Waals surface area contributed by atoms with E-state index in [9.17, 15) is 9.59 Å². The zero-order valence-electron chi connectivity index (χ0n) is 14.6. The minimum Gasteiger partial charge on any atom is -0.481 e. The van der Waals surface area contributed by atoms with Crippen LogP contribution in [0.5, 0.6) is 0 Å². The first-order valence-corrected chi connectivity index (χ1v) is 8.45. The molecule has 0 aromatic rings. The summed E-state index contributed by atoms with van der Waals surface area (Å²) in [7, 11) is 0. The maximum absolute atomic E-state index is 11.0. The quantitative estimate of drug-likeness (QED) is 0.517. The maximum Gasteiger partial charge on any atom is 0.303 e. The number of carbonyl (C=O) groups is 2. The van der Waals surface area contributed by atoms with Crippen molar-refractivity contribution in [3.8, 4) is 0 Å². The van der Waals surface area contributed by atoms with Crippen LogP contribution in [0.4, 0.5) is 0 Å². The minimum atomic E-state index is -0.758. The van der Waals surface area contributed by atoms with Gasteiger partial charge in [0.05, 0.1) is 6.10 Å². The molecule has 0 saturated carbocycles. The largest absolute Gasteiger partial charge is 0.481 e. The second-order valence-corrected chi connectivity index (χ2v) is 6.50. The van der Waals surface area contributed by atoms with Crippen molar-refractivity contribution >= 4 is 11.9 Å². The first-order chi connectivity index (χ1) is 10.8. The summed E-state index contributed by atoms with van der Waals surface area (Å²) in [6.07, 6.45) is 2.06. The van der Waals surface area contributed by atoms with Crippen LogP contribution in [0.1, 0.15) is 53.4 Å². The second-order valence-electron chi connectivity index (χ2n) is 6.50. The van der Waals surface area contributed by atoms with Crippen LogP contribution in [0.3, 0.4) is 0 Å². The molecule has 0 bridgehead atoms. The highest BCUT2D eigenvalue weighted by Gasteiger charge is 2.39. The molecule has 134 valence electrons. The van der Waals surface area contributed by atoms with Gasteiger partial charge in [0.2, 0.25) is 0 Å². The van der Waals surface area contributed by atoms with Crippen molar-refractivity contribution in [2.45, 2.75) is 65.8 Å². The summed E-state index contributed by atoms with van der Waals surface area (Å²) in [4.78, 5) is 21.4. The second kappa shape index (κ2) is 9.88. The molecular formula is C17H30O6. The fraction of sp³-hybridized carbons (Fsp3) is 0.882. The van der Waals surface area contributed by atoms with E-state index in [1.165, 1.54) is 6.92 Å². The van der Waals surface area contributed by atoms with Gasteiger partial charge in [0, 0.05) is 25.9 Å². The van der Waals surface area contributed by atoms with Gasteiger partial charge in [-0.15, -0.1) is 0 Å². The number of hydrogen-bond donors (Lipinski definition) is 1. The molecule has 1 fully saturated rings. The molecule has 0 spiro atoms. The first kappa shape index (κ1) is 19.9. The fourth-order valence-electron chi connectivity index (χ4n) is 2.82. The smallest absolute Gasteiger partial charge is 0.303 e. The Morgan fingerprint density at radius 2 is 1.74 bits per heavy atom. The molecule has 23 heavy (non-hydrogen) atoms. The Kier molecular flexibility index (Phi) is 8.55. The lowest BCUT2D eigenvalue weighted by Gasteiger charge is -2.43. The monoisotopic (exact) mass is 330 g/mol. The molecule has 1 rings (SSSR count). The highest BCUT2D eigenvalue weighted by molar-refractivity contribution is 5.66. The zero-order chi connectivity index (χ0) is 17.4. The Bertz CT molecular complexity index is 383. The van der Waals surface area contributed by atoms with E-state index < -0.39 is 5.97 Å². The average molecular weight is 330 g/mol. The van der Waals surface area contributed by atoms with E-state index in [-0.39, 0.29) is 37.3 Å². The predicted octanol–water partition coefficient (Wildman–Crippen LogP) is 2.84. The molecule has 0 amide bonds. The lowest BCUT2D eigenvalue weighted by Crippen LogP contribution is -2.47. The van der Waals surface area contributed by atoms with Crippen LogP contribution < -0.4 is 0 Å². The molecule has 2 unspecified atom stereocenters. The van der Waals surface area contributed by atoms with Gasteiger partial charge in [0.1, 0.15) is 6.61 Å². The van der Waals surface area contributed by atoms with Crippen molar-refractivity contribution < 1.29 is 28.9 Å². The molecule has 1 aliphatic rings. The number of carboxylic acid groups (broad SMARTS) is 1. The summed E-state index contributed by atoms with van der Waals surface area (Å²) in [6, 6.07) is 0. The van der Waals surface area contributed by atoms with E-state index in [1.54, 1.807) is 0 Å². The number of carboxylic acids is 1. The number of esters is 1. The maximum atomic E-state index is 11.0. The van der Waals surface area contributed by atoms with Crippen LogP contribution in [0.25, 0.3) is 0 Å². The van der Waals surface area contributed by atoms with Crippen molar-refractivity contribution in [3.05, 3.63) is 0 Å². The molecule has 1 aliphatic heterocycles. The predicted molar refractivity (Wildman–Crippen MR) is 84.8 cm³/mol. The molecule has 6 heteroatoms. The van der Waals surface area contributed by atoms with Crippen LogP contribution >= 0.6 is 0 Å². The SMILES string of the molecule is CC(=O)OCC1O[C@@H](OCCCCCC(=O)O)[C@@H](C)[C@H](C)C1C. The lowest BCUT2D eigenvalue weighted by atomic mass is 9.79. The highest BCUT2D eigenvalue weighted by atomic mass is 16.7. The number of unbranched alkanes of at least 4 members (excludes halogenated alkanes) is 2. The summed E-state index contributed by atoms with van der Waals surface area (Å²) in [5, 5.41) is 8.59. The van der Waals surface area contributed by atoms with Crippen molar-refractivity contribution in [1.82, 2.24) is 0 Å². The van der Waals surface area contributed by atoms with Gasteiger partial charge in [-0.1, -0.05) is 27.2 Å². The van der Waals surface area contributed by atoms with E-state index in [4.69, 9.17) is 19.3 Å². The van der Waals surface area contributed by atoms with Crippen LogP contribution in [-0.2, 0) is 23.8 Å². The van der Waals surface area contributed by atoms with Gasteiger partial charge in [-0.25, -0.2) is 0 Å². The zero-order valence-corrected chi connectivity index (χ0v) is 14.6. The third kappa shape index (κ3) is 6.87. The standard InChI is InChI=1S/C17H30O6/c1-11-12(2)15(10-22-14(4)18)23-17(13(11)3)21-9-7-5-6-8-16(19)20/h11-13,15,17H,5-10H2,1-4H3,(H,19,20)/t11-,12?,13+,15?,17-/m1/s1. The van der Waals surface area contributed by atoms with Crippen LogP contribution in [-0.4, -0.2) is 42.7 Å². The highest BCUT2D eigenvalue weighted by Crippen LogP contribution is 2.35. The van der Waals surface area contributed by atoms with Crippen molar-refractivity contribution in [1.29, 1.82) is 0 Å². The molecule has 0 aromatic carbocycles. The molecular weight excluding hydrogens is 300 g/mol. The average Bonchev–Trinajstić information content (AvgIpc) is 2.48. The van der Waals surface area contributed by atoms with Gasteiger partial charge >= 0.3 is 11.9 Å². The molecule has 0 radical (unpaired) electrons. The van der Waals surface area contributed by atoms with Gasteiger partial charge in [-0.3, -0.25) is 9.59 Å². The molecule has 1 N–H and O–H groups in total. The topological polar surface area (TPSA) is 82.1 Å². The van der Waals surface area contributed by atoms with Gasteiger partial charge in [-0.05, 0) is 24.7 Å². The van der Waals surface area contributed by atoms with Gasteiger partial charge < -0.3 is 19.3 Å². The molecule has 1 saturated heterocycles. The third-order valence-corrected chi connectivity index (χ3v) is 4.75. The first-order valence-electron chi connectivity index (χ1n) is 8.45. The van der Waals surface area contributed by atoms with Crippen LogP contribution in [0, 0.1) is 17.8 Å². The van der Waals surface area contributed by atoms with Crippen molar-refractivity contribution in [3.63, 3.8) is 0 Å². The Balaban J connectivity index is 2.37. The summed E-state index contributed by atoms with van der Waals surface area (Å²) < 4.78 is 16.9. The Morgan fingerprint density at radius 1 is 1.04 bits per heavy atom. The summed E-state index contributed by atoms with van der Waals surface area (Å²) in [5.41, 5.74) is 0. The number of rotatable bonds is 9. The van der Waals surface area contributed by atoms with E-state index in [2.05, 4.69) is 20.8 Å². The Hall–Kier alpha value is -1.14. The number of hydrogen-bond acceptors (Lipinski definition) is 5. The van der Waals surface area contributed by atoms with Crippen LogP contribution in [0.15, 0.2) is 0 Å². The number of ether oxygens (including phenoxy) is 3. The van der Waals surface area contributed by atoms with E-state index in [0.29, 0.717) is 24.9 Å². The lowest BCUT2D eigenvalue weighted by molar-refractivity contribution is -0.255. The normalized spacial score (nSPS) is 30.9. The van der Waals surface area contributed by atoms with Gasteiger partial charge in [0.15, 0.2) is 6.29 Å². The minimum absolute atomic E-state index is 0.151. The van der Waals surface area contributed by atoms with E-state index in [0.717, 1.165) is 12.8 Å². The van der Waals surface area contributed by atoms with Gasteiger partial charge in [-0.2, -0.15) is 0 Å². The van der Waals surface area contributed by atoms with E-state index in [1.807, 2.05) is 0 Å². The molecule has 5 atom stereocenters. The summed E-state index contributed by atoms with van der Waals surface area (Å²) >= 11 is 0. The molecule has 0 aromatic heterocycles. The molecule has 0 aliphatic carbocycles. The van der Waals surface area contributed by atoms with Crippen molar-refractivity contribution in [2.24, 2.45) is 17.8 Å². The molecule has 1 heterocycles. The fourth-order valence-corrected chi connectivity index (χ4v) is 2.82. The Labute approximate surface area is 138 Å². The van der Waals surface area contributed by atoms with Crippen molar-refractivity contribution in [2.75, 3.05) is 13.2 Å². The van der Waals surface area contributed by atoms with Crippen LogP contribution in [0.2, 0.25) is 0 Å². The summed E-state index contributed by atoms with van der Waals surface area (Å²) in [6.45, 7) is 8.59. The summed E-state index contributed by atoms with van der Waals surface area (Å²) in [5.74, 6) is -0.104. The Morgan fingerprint density at radius 3 is 2.35 bits per heavy atom. The molecule has 6 nitrogen and oxygen atoms in total. The number of aliphatic carboxylic acids is 1. The van der Waals surface area contributed by atoms with Gasteiger partial charge in [0.25, 0.3) is 0 Å². The third-order valence-electron chi connectivity index (χ3n) is 4.75.